The topological polar surface area (TPSA) is 15.7 Å². The summed E-state index contributed by atoms with van der Waals surface area (Å²) in [7, 11) is 2.20. The third-order valence-electron chi connectivity index (χ3n) is 4.71. The van der Waals surface area contributed by atoms with Crippen LogP contribution in [0.3, 0.4) is 0 Å². The van der Waals surface area contributed by atoms with E-state index in [0.29, 0.717) is 6.10 Å². The summed E-state index contributed by atoms with van der Waals surface area (Å²) in [5.74, 6) is 0.982. The first-order chi connectivity index (χ1) is 9.78. The van der Waals surface area contributed by atoms with Gasteiger partial charge in [0, 0.05) is 19.6 Å². The number of hydrogen-bond acceptors (Lipinski definition) is 3. The number of rotatable bonds is 5. The zero-order valence-corrected chi connectivity index (χ0v) is 14.2. The van der Waals surface area contributed by atoms with E-state index in [1.54, 1.807) is 0 Å². The average molecular weight is 284 g/mol. The summed E-state index contributed by atoms with van der Waals surface area (Å²) in [5.41, 5.74) is 0. The summed E-state index contributed by atoms with van der Waals surface area (Å²) in [4.78, 5) is 4.98. The van der Waals surface area contributed by atoms with Crippen LogP contribution in [0.4, 0.5) is 0 Å². The lowest BCUT2D eigenvalue weighted by molar-refractivity contribution is -0.000735. The van der Waals surface area contributed by atoms with Crippen molar-refractivity contribution in [3.05, 3.63) is 0 Å². The van der Waals surface area contributed by atoms with Gasteiger partial charge in [-0.15, -0.1) is 0 Å². The lowest BCUT2D eigenvalue weighted by Crippen LogP contribution is -2.38. The Morgan fingerprint density at radius 1 is 0.950 bits per heavy atom. The maximum atomic E-state index is 6.02. The van der Waals surface area contributed by atoms with Crippen LogP contribution in [-0.4, -0.2) is 62.3 Å². The van der Waals surface area contributed by atoms with Gasteiger partial charge in [0.1, 0.15) is 0 Å². The van der Waals surface area contributed by atoms with E-state index in [0.717, 1.165) is 19.1 Å². The van der Waals surface area contributed by atoms with Crippen molar-refractivity contribution in [2.45, 2.75) is 59.0 Å². The van der Waals surface area contributed by atoms with Crippen molar-refractivity contribution in [2.24, 2.45) is 5.92 Å². The minimum atomic E-state index is 0.523. The summed E-state index contributed by atoms with van der Waals surface area (Å²) < 4.78 is 6.02. The highest BCUT2D eigenvalue weighted by atomic mass is 16.5. The summed E-state index contributed by atoms with van der Waals surface area (Å²) >= 11 is 0. The van der Waals surface area contributed by atoms with Gasteiger partial charge < -0.3 is 14.5 Å². The lowest BCUT2D eigenvalue weighted by Gasteiger charge is -2.33. The van der Waals surface area contributed by atoms with Crippen LogP contribution in [0.5, 0.6) is 0 Å². The highest BCUT2D eigenvalue weighted by Gasteiger charge is 2.19. The van der Waals surface area contributed by atoms with Gasteiger partial charge in [-0.3, -0.25) is 0 Å². The fourth-order valence-corrected chi connectivity index (χ4v) is 3.12. The van der Waals surface area contributed by atoms with Gasteiger partial charge >= 0.3 is 0 Å². The Morgan fingerprint density at radius 3 is 2.10 bits per heavy atom. The van der Waals surface area contributed by atoms with Crippen molar-refractivity contribution >= 4 is 0 Å². The maximum Gasteiger partial charge on any atom is 0.0600 e. The van der Waals surface area contributed by atoms with Crippen LogP contribution in [0.2, 0.25) is 0 Å². The number of piperidine rings is 2. The van der Waals surface area contributed by atoms with E-state index in [9.17, 15) is 0 Å². The summed E-state index contributed by atoms with van der Waals surface area (Å²) in [6.07, 6.45) is 7.10. The second kappa shape index (κ2) is 10.6. The Hall–Kier alpha value is -0.120. The summed E-state index contributed by atoms with van der Waals surface area (Å²) in [6.45, 7) is 13.4. The van der Waals surface area contributed by atoms with Gasteiger partial charge in [0.05, 0.1) is 12.7 Å². The van der Waals surface area contributed by atoms with Crippen molar-refractivity contribution in [1.29, 1.82) is 0 Å². The first kappa shape index (κ1) is 17.9. The molecule has 3 heteroatoms. The van der Waals surface area contributed by atoms with Crippen LogP contribution in [0, 0.1) is 5.92 Å². The Labute approximate surface area is 126 Å². The smallest absolute Gasteiger partial charge is 0.0600 e. The van der Waals surface area contributed by atoms with E-state index in [4.69, 9.17) is 4.74 Å². The molecule has 3 nitrogen and oxygen atoms in total. The first-order valence-electron chi connectivity index (χ1n) is 8.80. The van der Waals surface area contributed by atoms with Crippen LogP contribution >= 0.6 is 0 Å². The maximum absolute atomic E-state index is 6.02. The standard InChI is InChI=1S/C15H30N2O.C2H6/c1-3-14-4-10-17(11-5-14)12-13-18-15-6-8-16(2)9-7-15;1-2/h14-15H,3-13H2,1-2H3;1-2H3. The zero-order chi connectivity index (χ0) is 14.8. The summed E-state index contributed by atoms with van der Waals surface area (Å²) in [5, 5.41) is 0. The van der Waals surface area contributed by atoms with E-state index in [1.807, 2.05) is 13.8 Å². The van der Waals surface area contributed by atoms with Gasteiger partial charge in [-0.1, -0.05) is 27.2 Å². The molecular formula is C17H36N2O. The Bertz CT molecular complexity index is 219. The number of nitrogens with zero attached hydrogens (tertiary/aromatic N) is 2. The molecule has 20 heavy (non-hydrogen) atoms. The van der Waals surface area contributed by atoms with Gasteiger partial charge in [0.15, 0.2) is 0 Å². The third kappa shape index (κ3) is 6.55. The molecule has 0 bridgehead atoms. The zero-order valence-electron chi connectivity index (χ0n) is 14.2. The Kier molecular flexibility index (Phi) is 9.49. The third-order valence-corrected chi connectivity index (χ3v) is 4.71. The van der Waals surface area contributed by atoms with Crippen molar-refractivity contribution in [1.82, 2.24) is 9.80 Å². The number of ether oxygens (including phenoxy) is 1. The minimum absolute atomic E-state index is 0.523. The van der Waals surface area contributed by atoms with Gasteiger partial charge in [-0.05, 0) is 51.7 Å². The van der Waals surface area contributed by atoms with E-state index in [1.165, 1.54) is 58.3 Å². The molecular weight excluding hydrogens is 248 g/mol. The minimum Gasteiger partial charge on any atom is -0.377 e. The number of hydrogen-bond donors (Lipinski definition) is 0. The molecule has 0 spiro atoms. The normalized spacial score (nSPS) is 23.4. The molecule has 0 aromatic rings. The van der Waals surface area contributed by atoms with Crippen molar-refractivity contribution in [3.8, 4) is 0 Å². The number of likely N-dealkylation sites (tertiary alicyclic amines) is 2. The quantitative estimate of drug-likeness (QED) is 0.771. The molecule has 0 radical (unpaired) electrons. The lowest BCUT2D eigenvalue weighted by atomic mass is 9.94. The van der Waals surface area contributed by atoms with E-state index in [-0.39, 0.29) is 0 Å². The predicted molar refractivity (Wildman–Crippen MR) is 87.3 cm³/mol. The van der Waals surface area contributed by atoms with Crippen molar-refractivity contribution in [3.63, 3.8) is 0 Å². The van der Waals surface area contributed by atoms with Gasteiger partial charge in [-0.25, -0.2) is 0 Å². The fraction of sp³-hybridized carbons (Fsp3) is 1.00. The largest absolute Gasteiger partial charge is 0.377 e. The van der Waals surface area contributed by atoms with E-state index in [2.05, 4.69) is 23.8 Å². The van der Waals surface area contributed by atoms with Crippen molar-refractivity contribution < 1.29 is 4.74 Å². The molecule has 2 aliphatic rings. The SMILES string of the molecule is CC.CCC1CCN(CCOC2CCN(C)CC2)CC1. The first-order valence-corrected chi connectivity index (χ1v) is 8.80. The molecule has 0 atom stereocenters. The highest BCUT2D eigenvalue weighted by Crippen LogP contribution is 2.19. The predicted octanol–water partition coefficient (Wildman–Crippen LogP) is 3.25. The molecule has 0 unspecified atom stereocenters. The van der Waals surface area contributed by atoms with E-state index < -0.39 is 0 Å². The molecule has 0 aromatic carbocycles. The summed E-state index contributed by atoms with van der Waals surface area (Å²) in [6, 6.07) is 0. The second-order valence-electron chi connectivity index (χ2n) is 6.07. The van der Waals surface area contributed by atoms with Crippen LogP contribution in [0.25, 0.3) is 0 Å². The molecule has 2 rings (SSSR count). The van der Waals surface area contributed by atoms with Crippen LogP contribution in [0.1, 0.15) is 52.9 Å². The van der Waals surface area contributed by atoms with Crippen LogP contribution in [0.15, 0.2) is 0 Å². The highest BCUT2D eigenvalue weighted by molar-refractivity contribution is 4.72. The van der Waals surface area contributed by atoms with Gasteiger partial charge in [0.25, 0.3) is 0 Å². The molecule has 2 fully saturated rings. The van der Waals surface area contributed by atoms with Gasteiger partial charge in [-0.2, -0.15) is 0 Å². The second-order valence-corrected chi connectivity index (χ2v) is 6.07. The molecule has 0 N–H and O–H groups in total. The molecule has 0 saturated carbocycles. The van der Waals surface area contributed by atoms with Gasteiger partial charge in [0.2, 0.25) is 0 Å². The molecule has 0 amide bonds. The van der Waals surface area contributed by atoms with E-state index >= 15 is 0 Å². The molecule has 120 valence electrons. The Balaban J connectivity index is 0.000000956. The molecule has 2 saturated heterocycles. The van der Waals surface area contributed by atoms with Crippen molar-refractivity contribution in [2.75, 3.05) is 46.4 Å². The molecule has 0 aliphatic carbocycles. The van der Waals surface area contributed by atoms with Crippen LogP contribution < -0.4 is 0 Å². The average Bonchev–Trinajstić information content (AvgIpc) is 2.52. The Morgan fingerprint density at radius 2 is 1.55 bits per heavy atom. The molecule has 2 heterocycles. The molecule has 0 aromatic heterocycles. The van der Waals surface area contributed by atoms with Crippen LogP contribution in [-0.2, 0) is 4.74 Å². The monoisotopic (exact) mass is 284 g/mol. The fourth-order valence-electron chi connectivity index (χ4n) is 3.12. The molecule has 2 aliphatic heterocycles.